The van der Waals surface area contributed by atoms with E-state index in [1.165, 1.54) is 7.11 Å². The Hall–Kier alpha value is -2.94. The largest absolute Gasteiger partial charge is 0.507 e. The molecule has 0 atom stereocenters. The molecule has 0 aliphatic rings. The molecule has 0 radical (unpaired) electrons. The molecule has 3 aromatic rings. The van der Waals surface area contributed by atoms with Gasteiger partial charge >= 0.3 is 0 Å². The summed E-state index contributed by atoms with van der Waals surface area (Å²) in [6.07, 6.45) is 0. The molecule has 0 amide bonds. The van der Waals surface area contributed by atoms with Gasteiger partial charge in [-0.1, -0.05) is 60.7 Å². The topological polar surface area (TPSA) is 49.7 Å². The first kappa shape index (κ1) is 14.0. The summed E-state index contributed by atoms with van der Waals surface area (Å²) in [6.45, 7) is 0. The molecule has 3 rings (SSSR count). The van der Waals surface area contributed by atoms with Crippen LogP contribution in [0.1, 0.15) is 0 Å². The fourth-order valence-electron chi connectivity index (χ4n) is 2.57. The molecule has 0 aliphatic carbocycles. The smallest absolute Gasteiger partial charge is 0.170 e. The molecular weight excluding hydrogens is 276 g/mol. The minimum Gasteiger partial charge on any atom is -0.507 e. The third-order valence-electron chi connectivity index (χ3n) is 3.59. The first-order chi connectivity index (χ1) is 10.7. The summed E-state index contributed by atoms with van der Waals surface area (Å²) in [5, 5.41) is 21.0. The minimum absolute atomic E-state index is 0.0170. The summed E-state index contributed by atoms with van der Waals surface area (Å²) in [6, 6.07) is 20.4. The summed E-state index contributed by atoms with van der Waals surface area (Å²) in [7, 11) is 1.51. The average Bonchev–Trinajstić information content (AvgIpc) is 2.56. The number of ether oxygens (including phenoxy) is 1. The lowest BCUT2D eigenvalue weighted by Gasteiger charge is -2.16. The van der Waals surface area contributed by atoms with Crippen molar-refractivity contribution in [2.75, 3.05) is 7.11 Å². The fourth-order valence-corrected chi connectivity index (χ4v) is 2.57. The number of benzene rings is 3. The van der Waals surface area contributed by atoms with E-state index in [4.69, 9.17) is 4.74 Å². The lowest BCUT2D eigenvalue weighted by molar-refractivity contribution is 0.372. The maximum atomic E-state index is 10.6. The van der Waals surface area contributed by atoms with Crippen LogP contribution in [0.5, 0.6) is 17.2 Å². The van der Waals surface area contributed by atoms with Gasteiger partial charge in [0.15, 0.2) is 11.5 Å². The van der Waals surface area contributed by atoms with Gasteiger partial charge in [0.2, 0.25) is 0 Å². The highest BCUT2D eigenvalue weighted by atomic mass is 16.5. The first-order valence-electron chi connectivity index (χ1n) is 6.96. The summed E-state index contributed by atoms with van der Waals surface area (Å²) >= 11 is 0. The molecule has 3 heteroatoms. The highest BCUT2D eigenvalue weighted by Gasteiger charge is 2.20. The van der Waals surface area contributed by atoms with Crippen molar-refractivity contribution >= 4 is 0 Å². The van der Waals surface area contributed by atoms with Gasteiger partial charge in [-0.15, -0.1) is 0 Å². The van der Waals surface area contributed by atoms with Crippen LogP contribution in [-0.4, -0.2) is 17.3 Å². The zero-order valence-corrected chi connectivity index (χ0v) is 12.2. The van der Waals surface area contributed by atoms with Crippen molar-refractivity contribution in [2.24, 2.45) is 0 Å². The van der Waals surface area contributed by atoms with Crippen LogP contribution in [0.4, 0.5) is 0 Å². The first-order valence-corrected chi connectivity index (χ1v) is 6.96. The molecule has 0 unspecified atom stereocenters. The Labute approximate surface area is 129 Å². The van der Waals surface area contributed by atoms with Crippen molar-refractivity contribution in [1.82, 2.24) is 0 Å². The van der Waals surface area contributed by atoms with Gasteiger partial charge < -0.3 is 14.9 Å². The number of methoxy groups -OCH3 is 1. The molecule has 22 heavy (non-hydrogen) atoms. The van der Waals surface area contributed by atoms with Gasteiger partial charge in [-0.05, 0) is 17.2 Å². The van der Waals surface area contributed by atoms with Gasteiger partial charge in [0, 0.05) is 5.56 Å². The highest BCUT2D eigenvalue weighted by Crippen LogP contribution is 2.48. The van der Waals surface area contributed by atoms with Crippen LogP contribution in [0.3, 0.4) is 0 Å². The van der Waals surface area contributed by atoms with Crippen molar-refractivity contribution < 1.29 is 14.9 Å². The predicted molar refractivity (Wildman–Crippen MR) is 87.2 cm³/mol. The van der Waals surface area contributed by atoms with E-state index in [1.807, 2.05) is 60.7 Å². The number of hydrogen-bond acceptors (Lipinski definition) is 3. The van der Waals surface area contributed by atoms with E-state index in [-0.39, 0.29) is 11.5 Å². The van der Waals surface area contributed by atoms with E-state index in [1.54, 1.807) is 6.07 Å². The number of rotatable bonds is 3. The normalized spacial score (nSPS) is 10.4. The minimum atomic E-state index is -0.0625. The van der Waals surface area contributed by atoms with Crippen LogP contribution in [0.25, 0.3) is 22.3 Å². The van der Waals surface area contributed by atoms with E-state index >= 15 is 0 Å². The second-order valence-electron chi connectivity index (χ2n) is 4.93. The Morgan fingerprint density at radius 3 is 1.86 bits per heavy atom. The lowest BCUT2D eigenvalue weighted by atomic mass is 9.97. The maximum absolute atomic E-state index is 10.6. The molecule has 0 saturated carbocycles. The van der Waals surface area contributed by atoms with Gasteiger partial charge in [0.1, 0.15) is 5.75 Å². The van der Waals surface area contributed by atoms with Crippen molar-refractivity contribution in [3.05, 3.63) is 66.7 Å². The van der Waals surface area contributed by atoms with E-state index in [9.17, 15) is 10.2 Å². The predicted octanol–water partition coefficient (Wildman–Crippen LogP) is 4.44. The van der Waals surface area contributed by atoms with Crippen LogP contribution in [0, 0.1) is 0 Å². The SMILES string of the molecule is COc1c(-c2ccccc2)cc(O)c(-c2ccccc2)c1O. The maximum Gasteiger partial charge on any atom is 0.170 e. The Balaban J connectivity index is 2.25. The molecular formula is C19H16O3. The van der Waals surface area contributed by atoms with Crippen LogP contribution in [0.2, 0.25) is 0 Å². The van der Waals surface area contributed by atoms with E-state index in [0.717, 1.165) is 11.1 Å². The number of phenols is 2. The molecule has 0 heterocycles. The zero-order valence-electron chi connectivity index (χ0n) is 12.2. The van der Waals surface area contributed by atoms with Crippen LogP contribution in [-0.2, 0) is 0 Å². The van der Waals surface area contributed by atoms with E-state index in [2.05, 4.69) is 0 Å². The average molecular weight is 292 g/mol. The van der Waals surface area contributed by atoms with Gasteiger partial charge in [-0.3, -0.25) is 0 Å². The molecule has 0 saturated heterocycles. The third-order valence-corrected chi connectivity index (χ3v) is 3.59. The number of phenolic OH excluding ortho intramolecular Hbond substituents is 2. The van der Waals surface area contributed by atoms with Crippen LogP contribution < -0.4 is 4.74 Å². The molecule has 0 fully saturated rings. The summed E-state index contributed by atoms with van der Waals surface area (Å²) in [5.41, 5.74) is 2.62. The molecule has 0 aromatic heterocycles. The van der Waals surface area contributed by atoms with Gasteiger partial charge in [0.25, 0.3) is 0 Å². The summed E-state index contributed by atoms with van der Waals surface area (Å²) < 4.78 is 5.39. The van der Waals surface area contributed by atoms with E-state index in [0.29, 0.717) is 16.9 Å². The van der Waals surface area contributed by atoms with Crippen LogP contribution in [0.15, 0.2) is 66.7 Å². The molecule has 2 N–H and O–H groups in total. The van der Waals surface area contributed by atoms with Gasteiger partial charge in [-0.25, -0.2) is 0 Å². The second kappa shape index (κ2) is 5.82. The van der Waals surface area contributed by atoms with Crippen molar-refractivity contribution in [2.45, 2.75) is 0 Å². The van der Waals surface area contributed by atoms with Crippen molar-refractivity contribution in [3.63, 3.8) is 0 Å². The third kappa shape index (κ3) is 2.37. The van der Waals surface area contributed by atoms with E-state index < -0.39 is 0 Å². The van der Waals surface area contributed by atoms with Gasteiger partial charge in [0.05, 0.1) is 12.7 Å². The lowest BCUT2D eigenvalue weighted by Crippen LogP contribution is -1.92. The number of aromatic hydroxyl groups is 2. The standard InChI is InChI=1S/C19H16O3/c1-22-19-15(13-8-4-2-5-9-13)12-16(20)17(18(19)21)14-10-6-3-7-11-14/h2-12,20-21H,1H3. The van der Waals surface area contributed by atoms with Crippen molar-refractivity contribution in [3.8, 4) is 39.5 Å². The second-order valence-corrected chi connectivity index (χ2v) is 4.93. The van der Waals surface area contributed by atoms with Gasteiger partial charge in [-0.2, -0.15) is 0 Å². The summed E-state index contributed by atoms with van der Waals surface area (Å²) in [4.78, 5) is 0. The monoisotopic (exact) mass is 292 g/mol. The molecule has 0 spiro atoms. The Kier molecular flexibility index (Phi) is 3.71. The fraction of sp³-hybridized carbons (Fsp3) is 0.0526. The Morgan fingerprint density at radius 1 is 0.773 bits per heavy atom. The zero-order chi connectivity index (χ0) is 15.5. The molecule has 3 nitrogen and oxygen atoms in total. The van der Waals surface area contributed by atoms with Crippen molar-refractivity contribution in [1.29, 1.82) is 0 Å². The molecule has 110 valence electrons. The quantitative estimate of drug-likeness (QED) is 0.750. The summed E-state index contributed by atoms with van der Waals surface area (Å²) in [5.74, 6) is 0.304. The number of hydrogen-bond donors (Lipinski definition) is 2. The molecule has 3 aromatic carbocycles. The Bertz CT molecular complexity index is 781. The Morgan fingerprint density at radius 2 is 1.32 bits per heavy atom. The molecule has 0 bridgehead atoms. The highest BCUT2D eigenvalue weighted by molar-refractivity contribution is 5.87. The van der Waals surface area contributed by atoms with Crippen LogP contribution >= 0.6 is 0 Å². The molecule has 0 aliphatic heterocycles.